The van der Waals surface area contributed by atoms with Gasteiger partial charge in [-0.2, -0.15) is 5.10 Å². The highest BCUT2D eigenvalue weighted by Crippen LogP contribution is 2.21. The molecule has 0 amide bonds. The van der Waals surface area contributed by atoms with Crippen LogP contribution in [0.5, 0.6) is 0 Å². The standard InChI is InChI=1S/C12H22N4O5/c1-8-12(16(19)20)9(2)15(14-8)5-11(18)4-13-10(6-17)7-21-3/h10-11,13,17-18H,4-7H2,1-3H3. The molecule has 0 aliphatic rings. The molecule has 0 bridgehead atoms. The average molecular weight is 302 g/mol. The molecule has 3 N–H and O–H groups in total. The number of methoxy groups -OCH3 is 1. The van der Waals surface area contributed by atoms with E-state index in [1.54, 1.807) is 13.8 Å². The van der Waals surface area contributed by atoms with Gasteiger partial charge in [-0.25, -0.2) is 0 Å². The average Bonchev–Trinajstić information content (AvgIpc) is 2.69. The van der Waals surface area contributed by atoms with Crippen molar-refractivity contribution in [2.24, 2.45) is 0 Å². The zero-order valence-corrected chi connectivity index (χ0v) is 12.4. The lowest BCUT2D eigenvalue weighted by Crippen LogP contribution is -2.42. The van der Waals surface area contributed by atoms with Gasteiger partial charge in [-0.05, 0) is 13.8 Å². The van der Waals surface area contributed by atoms with Crippen molar-refractivity contribution < 1.29 is 19.9 Å². The van der Waals surface area contributed by atoms with Gasteiger partial charge in [0.1, 0.15) is 11.4 Å². The summed E-state index contributed by atoms with van der Waals surface area (Å²) < 4.78 is 6.33. The maximum atomic E-state index is 10.9. The molecule has 0 saturated carbocycles. The second kappa shape index (κ2) is 8.03. The van der Waals surface area contributed by atoms with E-state index in [9.17, 15) is 15.2 Å². The molecule has 0 radical (unpaired) electrons. The summed E-state index contributed by atoms with van der Waals surface area (Å²) in [4.78, 5) is 10.4. The molecule has 1 heterocycles. The molecule has 0 saturated heterocycles. The minimum atomic E-state index is -0.784. The summed E-state index contributed by atoms with van der Waals surface area (Å²) in [6.45, 7) is 3.74. The van der Waals surface area contributed by atoms with Gasteiger partial charge in [0, 0.05) is 13.7 Å². The van der Waals surface area contributed by atoms with Crippen LogP contribution in [0.3, 0.4) is 0 Å². The lowest BCUT2D eigenvalue weighted by Gasteiger charge is -2.18. The Bertz CT molecular complexity index is 476. The second-order valence-electron chi connectivity index (χ2n) is 4.86. The number of aromatic nitrogens is 2. The number of hydrogen-bond donors (Lipinski definition) is 3. The zero-order chi connectivity index (χ0) is 16.0. The van der Waals surface area contributed by atoms with Gasteiger partial charge in [0.25, 0.3) is 0 Å². The maximum Gasteiger partial charge on any atom is 0.312 e. The SMILES string of the molecule is COCC(CO)NCC(O)Cn1nc(C)c([N+](=O)[O-])c1C. The number of nitrogens with zero attached hydrogens (tertiary/aromatic N) is 3. The first-order valence-corrected chi connectivity index (χ1v) is 6.60. The lowest BCUT2D eigenvalue weighted by molar-refractivity contribution is -0.386. The van der Waals surface area contributed by atoms with Crippen molar-refractivity contribution in [2.75, 3.05) is 26.9 Å². The van der Waals surface area contributed by atoms with Crippen molar-refractivity contribution in [1.82, 2.24) is 15.1 Å². The molecule has 2 unspecified atom stereocenters. The fraction of sp³-hybridized carbons (Fsp3) is 0.750. The summed E-state index contributed by atoms with van der Waals surface area (Å²) in [5.41, 5.74) is 0.709. The molecule has 0 aliphatic heterocycles. The largest absolute Gasteiger partial charge is 0.395 e. The summed E-state index contributed by atoms with van der Waals surface area (Å²) in [6.07, 6.45) is -0.784. The van der Waals surface area contributed by atoms with Crippen molar-refractivity contribution in [1.29, 1.82) is 0 Å². The van der Waals surface area contributed by atoms with Crippen LogP contribution in [-0.2, 0) is 11.3 Å². The van der Waals surface area contributed by atoms with Crippen molar-refractivity contribution in [3.8, 4) is 0 Å². The number of rotatable bonds is 9. The van der Waals surface area contributed by atoms with Crippen LogP contribution in [-0.4, -0.2) is 63.9 Å². The number of nitro groups is 1. The molecule has 120 valence electrons. The van der Waals surface area contributed by atoms with Crippen molar-refractivity contribution in [2.45, 2.75) is 32.5 Å². The fourth-order valence-electron chi connectivity index (χ4n) is 2.07. The van der Waals surface area contributed by atoms with E-state index in [2.05, 4.69) is 10.4 Å². The Morgan fingerprint density at radius 1 is 1.52 bits per heavy atom. The molecule has 0 fully saturated rings. The van der Waals surface area contributed by atoms with Crippen LogP contribution in [0, 0.1) is 24.0 Å². The minimum absolute atomic E-state index is 0.0252. The van der Waals surface area contributed by atoms with E-state index >= 15 is 0 Å². The van der Waals surface area contributed by atoms with Gasteiger partial charge in [-0.1, -0.05) is 0 Å². The number of hydrogen-bond acceptors (Lipinski definition) is 7. The molecule has 21 heavy (non-hydrogen) atoms. The number of ether oxygens (including phenoxy) is 1. The summed E-state index contributed by atoms with van der Waals surface area (Å²) in [7, 11) is 1.52. The van der Waals surface area contributed by atoms with Crippen LogP contribution in [0.1, 0.15) is 11.4 Å². The monoisotopic (exact) mass is 302 g/mol. The smallest absolute Gasteiger partial charge is 0.312 e. The van der Waals surface area contributed by atoms with E-state index in [0.717, 1.165) is 0 Å². The molecular formula is C12H22N4O5. The third-order valence-corrected chi connectivity index (χ3v) is 3.14. The summed E-state index contributed by atoms with van der Waals surface area (Å²) in [6, 6.07) is -0.264. The Hall–Kier alpha value is -1.55. The molecule has 1 rings (SSSR count). The normalized spacial score (nSPS) is 14.1. The van der Waals surface area contributed by atoms with E-state index in [-0.39, 0.29) is 31.4 Å². The van der Waals surface area contributed by atoms with Crippen LogP contribution in [0.15, 0.2) is 0 Å². The van der Waals surface area contributed by atoms with E-state index < -0.39 is 11.0 Å². The van der Waals surface area contributed by atoms with Crippen LogP contribution in [0.25, 0.3) is 0 Å². The maximum absolute atomic E-state index is 10.9. The van der Waals surface area contributed by atoms with Gasteiger partial charge in [0.15, 0.2) is 0 Å². The molecule has 9 nitrogen and oxygen atoms in total. The molecule has 2 atom stereocenters. The lowest BCUT2D eigenvalue weighted by atomic mass is 10.2. The Labute approximate surface area is 122 Å². The van der Waals surface area contributed by atoms with E-state index in [4.69, 9.17) is 9.84 Å². The Morgan fingerprint density at radius 2 is 2.19 bits per heavy atom. The van der Waals surface area contributed by atoms with E-state index in [1.165, 1.54) is 11.8 Å². The summed E-state index contributed by atoms with van der Waals surface area (Å²) >= 11 is 0. The molecule has 0 aliphatic carbocycles. The molecule has 1 aromatic heterocycles. The van der Waals surface area contributed by atoms with E-state index in [0.29, 0.717) is 18.0 Å². The highest BCUT2D eigenvalue weighted by molar-refractivity contribution is 5.39. The Kier molecular flexibility index (Phi) is 6.69. The van der Waals surface area contributed by atoms with Crippen LogP contribution >= 0.6 is 0 Å². The minimum Gasteiger partial charge on any atom is -0.395 e. The molecular weight excluding hydrogens is 280 g/mol. The molecule has 0 spiro atoms. The van der Waals surface area contributed by atoms with Gasteiger partial charge in [0.05, 0.1) is 36.8 Å². The first-order chi connectivity index (χ1) is 9.90. The predicted octanol–water partition coefficient (Wildman–Crippen LogP) is -0.634. The second-order valence-corrected chi connectivity index (χ2v) is 4.86. The van der Waals surface area contributed by atoms with Crippen LogP contribution in [0.4, 0.5) is 5.69 Å². The summed E-state index contributed by atoms with van der Waals surface area (Å²) in [5.74, 6) is 0. The number of nitrogens with one attached hydrogen (secondary N) is 1. The van der Waals surface area contributed by atoms with Gasteiger partial charge in [0.2, 0.25) is 0 Å². The summed E-state index contributed by atoms with van der Waals surface area (Å²) in [5, 5.41) is 37.0. The molecule has 1 aromatic rings. The Morgan fingerprint density at radius 3 is 2.67 bits per heavy atom. The number of aliphatic hydroxyl groups is 2. The van der Waals surface area contributed by atoms with Gasteiger partial charge in [-0.15, -0.1) is 0 Å². The van der Waals surface area contributed by atoms with Gasteiger partial charge in [-0.3, -0.25) is 14.8 Å². The molecule has 0 aromatic carbocycles. The van der Waals surface area contributed by atoms with Crippen molar-refractivity contribution in [3.63, 3.8) is 0 Å². The van der Waals surface area contributed by atoms with Crippen LogP contribution < -0.4 is 5.32 Å². The highest BCUT2D eigenvalue weighted by Gasteiger charge is 2.23. The Balaban J connectivity index is 2.61. The topological polar surface area (TPSA) is 123 Å². The first-order valence-electron chi connectivity index (χ1n) is 6.60. The molecule has 9 heteroatoms. The third kappa shape index (κ3) is 4.74. The number of aryl methyl sites for hydroxylation is 1. The predicted molar refractivity (Wildman–Crippen MR) is 75.1 cm³/mol. The van der Waals surface area contributed by atoms with Gasteiger partial charge < -0.3 is 20.3 Å². The van der Waals surface area contributed by atoms with Crippen molar-refractivity contribution in [3.05, 3.63) is 21.5 Å². The first kappa shape index (κ1) is 17.5. The van der Waals surface area contributed by atoms with Crippen LogP contribution in [0.2, 0.25) is 0 Å². The quantitative estimate of drug-likeness (QED) is 0.410. The number of aliphatic hydroxyl groups excluding tert-OH is 2. The third-order valence-electron chi connectivity index (χ3n) is 3.14. The fourth-order valence-corrected chi connectivity index (χ4v) is 2.07. The zero-order valence-electron chi connectivity index (χ0n) is 12.4. The van der Waals surface area contributed by atoms with Crippen molar-refractivity contribution >= 4 is 5.69 Å². The van der Waals surface area contributed by atoms with Gasteiger partial charge >= 0.3 is 5.69 Å². The van der Waals surface area contributed by atoms with E-state index in [1.807, 2.05) is 0 Å². The highest BCUT2D eigenvalue weighted by atomic mass is 16.6.